The molecule has 184 valence electrons. The normalized spacial score (nSPS) is 18.0. The van der Waals surface area contributed by atoms with Gasteiger partial charge in [-0.3, -0.25) is 9.69 Å². The van der Waals surface area contributed by atoms with Gasteiger partial charge in [-0.05, 0) is 62.6 Å². The fourth-order valence-corrected chi connectivity index (χ4v) is 4.44. The molecule has 2 fully saturated rings. The summed E-state index contributed by atoms with van der Waals surface area (Å²) >= 11 is 0. The lowest BCUT2D eigenvalue weighted by Gasteiger charge is -2.43. The standard InChI is InChI=1S/C25H29FN2O5.ClH/c1-28(14-17-33-21-5-3-2-4-20(21)26)25(12-15-32-16-13-25)23(31)27-24(10-11-24)19-8-6-18(7-9-19)22(29)30;/h2-9H,10-17H2,1H3,(H,27,31)(H,29,30);1H. The molecule has 0 aromatic heterocycles. The van der Waals surface area contributed by atoms with Gasteiger partial charge in [-0.1, -0.05) is 24.3 Å². The fourth-order valence-electron chi connectivity index (χ4n) is 4.44. The Hall–Kier alpha value is -2.68. The molecule has 1 amide bonds. The zero-order chi connectivity index (χ0) is 23.5. The van der Waals surface area contributed by atoms with E-state index in [1.54, 1.807) is 42.5 Å². The van der Waals surface area contributed by atoms with Crippen molar-refractivity contribution in [3.63, 3.8) is 0 Å². The van der Waals surface area contributed by atoms with Crippen LogP contribution in [0.4, 0.5) is 4.39 Å². The van der Waals surface area contributed by atoms with E-state index in [9.17, 15) is 14.0 Å². The number of carboxylic acid groups (broad SMARTS) is 1. The lowest BCUT2D eigenvalue weighted by molar-refractivity contribution is -0.140. The molecular weight excluding hydrogens is 463 g/mol. The molecule has 1 heterocycles. The Morgan fingerprint density at radius 2 is 1.74 bits per heavy atom. The number of ether oxygens (including phenoxy) is 2. The average molecular weight is 493 g/mol. The number of aromatic carboxylic acids is 1. The number of halogens is 2. The van der Waals surface area contributed by atoms with Gasteiger partial charge in [-0.15, -0.1) is 12.4 Å². The monoisotopic (exact) mass is 492 g/mol. The molecule has 2 aromatic carbocycles. The molecule has 7 nitrogen and oxygen atoms in total. The zero-order valence-corrected chi connectivity index (χ0v) is 19.9. The minimum atomic E-state index is -0.976. The highest BCUT2D eigenvalue weighted by Gasteiger charge is 2.51. The van der Waals surface area contributed by atoms with Crippen molar-refractivity contribution in [3.8, 4) is 5.75 Å². The van der Waals surface area contributed by atoms with Crippen LogP contribution in [0.3, 0.4) is 0 Å². The maximum atomic E-state index is 13.8. The summed E-state index contributed by atoms with van der Waals surface area (Å²) in [5, 5.41) is 12.4. The smallest absolute Gasteiger partial charge is 0.335 e. The number of likely N-dealkylation sites (N-methyl/N-ethyl adjacent to an activating group) is 1. The van der Waals surface area contributed by atoms with Crippen LogP contribution in [0.15, 0.2) is 48.5 Å². The molecule has 4 rings (SSSR count). The van der Waals surface area contributed by atoms with Crippen molar-refractivity contribution in [2.75, 3.05) is 33.4 Å². The first-order valence-corrected chi connectivity index (χ1v) is 11.2. The molecule has 0 atom stereocenters. The molecular formula is C25H30ClFN2O5. The predicted molar refractivity (Wildman–Crippen MR) is 127 cm³/mol. The van der Waals surface area contributed by atoms with Gasteiger partial charge in [0.25, 0.3) is 0 Å². The zero-order valence-electron chi connectivity index (χ0n) is 19.1. The van der Waals surface area contributed by atoms with Crippen LogP contribution in [0.25, 0.3) is 0 Å². The van der Waals surface area contributed by atoms with Crippen molar-refractivity contribution >= 4 is 24.3 Å². The summed E-state index contributed by atoms with van der Waals surface area (Å²) in [6.45, 7) is 1.65. The molecule has 1 aliphatic heterocycles. The Balaban J connectivity index is 0.00000324. The third kappa shape index (κ3) is 5.35. The highest BCUT2D eigenvalue weighted by Crippen LogP contribution is 2.46. The van der Waals surface area contributed by atoms with E-state index < -0.39 is 22.9 Å². The predicted octanol–water partition coefficient (Wildman–Crippen LogP) is 3.61. The topological polar surface area (TPSA) is 88.1 Å². The number of carbonyl (C=O) groups excluding carboxylic acids is 1. The number of rotatable bonds is 9. The first-order valence-electron chi connectivity index (χ1n) is 11.2. The third-order valence-electron chi connectivity index (χ3n) is 6.78. The second-order valence-corrected chi connectivity index (χ2v) is 8.76. The number of hydrogen-bond donors (Lipinski definition) is 2. The molecule has 0 radical (unpaired) electrons. The number of para-hydroxylation sites is 1. The number of carboxylic acids is 1. The van der Waals surface area contributed by atoms with Gasteiger partial charge in [0.05, 0.1) is 11.1 Å². The van der Waals surface area contributed by atoms with Crippen molar-refractivity contribution in [2.24, 2.45) is 0 Å². The third-order valence-corrected chi connectivity index (χ3v) is 6.78. The highest BCUT2D eigenvalue weighted by molar-refractivity contribution is 5.88. The summed E-state index contributed by atoms with van der Waals surface area (Å²) in [4.78, 5) is 26.8. The van der Waals surface area contributed by atoms with Crippen LogP contribution in [0, 0.1) is 5.82 Å². The van der Waals surface area contributed by atoms with Gasteiger partial charge in [0.15, 0.2) is 11.6 Å². The number of nitrogens with one attached hydrogen (secondary N) is 1. The van der Waals surface area contributed by atoms with Gasteiger partial charge >= 0.3 is 5.97 Å². The number of nitrogens with zero attached hydrogens (tertiary/aromatic N) is 1. The average Bonchev–Trinajstić information content (AvgIpc) is 3.61. The van der Waals surface area contributed by atoms with Gasteiger partial charge in [0.1, 0.15) is 12.1 Å². The van der Waals surface area contributed by atoms with Crippen molar-refractivity contribution in [2.45, 2.75) is 36.8 Å². The quantitative estimate of drug-likeness (QED) is 0.556. The van der Waals surface area contributed by atoms with Crippen LogP contribution in [0.2, 0.25) is 0 Å². The van der Waals surface area contributed by atoms with E-state index in [2.05, 4.69) is 5.32 Å². The number of hydrogen-bond acceptors (Lipinski definition) is 5. The van der Waals surface area contributed by atoms with Crippen molar-refractivity contribution in [1.29, 1.82) is 0 Å². The summed E-state index contributed by atoms with van der Waals surface area (Å²) in [5.41, 5.74) is -0.0952. The molecule has 9 heteroatoms. The SMILES string of the molecule is CN(CCOc1ccccc1F)C1(C(=O)NC2(c3ccc(C(=O)O)cc3)CC2)CCOCC1.Cl. The lowest BCUT2D eigenvalue weighted by atomic mass is 9.86. The van der Waals surface area contributed by atoms with Gasteiger partial charge in [-0.2, -0.15) is 0 Å². The Morgan fingerprint density at radius 3 is 2.32 bits per heavy atom. The second-order valence-electron chi connectivity index (χ2n) is 8.76. The van der Waals surface area contributed by atoms with E-state index in [1.807, 2.05) is 11.9 Å². The summed E-state index contributed by atoms with van der Waals surface area (Å²) in [7, 11) is 1.89. The van der Waals surface area contributed by atoms with Crippen LogP contribution >= 0.6 is 12.4 Å². The van der Waals surface area contributed by atoms with Crippen LogP contribution in [0.1, 0.15) is 41.6 Å². The fraction of sp³-hybridized carbons (Fsp3) is 0.440. The van der Waals surface area contributed by atoms with Gasteiger partial charge in [0.2, 0.25) is 5.91 Å². The summed E-state index contributed by atoms with van der Waals surface area (Å²) in [5.74, 6) is -1.27. The number of amides is 1. The van der Waals surface area contributed by atoms with Crippen LogP contribution < -0.4 is 10.1 Å². The summed E-state index contributed by atoms with van der Waals surface area (Å²) in [6.07, 6.45) is 2.70. The first-order chi connectivity index (χ1) is 15.9. The van der Waals surface area contributed by atoms with E-state index in [0.717, 1.165) is 18.4 Å². The van der Waals surface area contributed by atoms with E-state index in [0.29, 0.717) is 32.6 Å². The highest BCUT2D eigenvalue weighted by atomic mass is 35.5. The molecule has 0 unspecified atom stereocenters. The van der Waals surface area contributed by atoms with Gasteiger partial charge in [-0.25, -0.2) is 9.18 Å². The van der Waals surface area contributed by atoms with Crippen molar-refractivity contribution < 1.29 is 28.6 Å². The first kappa shape index (κ1) is 25.9. The minimum Gasteiger partial charge on any atom is -0.489 e. The van der Waals surface area contributed by atoms with E-state index in [4.69, 9.17) is 14.6 Å². The van der Waals surface area contributed by atoms with Gasteiger partial charge in [0, 0.05) is 19.8 Å². The van der Waals surface area contributed by atoms with E-state index in [1.165, 1.54) is 6.07 Å². The number of carbonyl (C=O) groups is 2. The molecule has 1 saturated carbocycles. The molecule has 1 aliphatic carbocycles. The van der Waals surface area contributed by atoms with E-state index >= 15 is 0 Å². The van der Waals surface area contributed by atoms with Crippen molar-refractivity contribution in [1.82, 2.24) is 10.2 Å². The van der Waals surface area contributed by atoms with Crippen LogP contribution in [0.5, 0.6) is 5.75 Å². The van der Waals surface area contributed by atoms with Crippen LogP contribution in [-0.2, 0) is 15.1 Å². The molecule has 0 bridgehead atoms. The Labute approximate surface area is 204 Å². The molecule has 0 spiro atoms. The number of benzene rings is 2. The van der Waals surface area contributed by atoms with Gasteiger partial charge < -0.3 is 19.9 Å². The molecule has 1 saturated heterocycles. The Bertz CT molecular complexity index is 1010. The molecule has 2 aromatic rings. The maximum absolute atomic E-state index is 13.8. The largest absolute Gasteiger partial charge is 0.489 e. The summed E-state index contributed by atoms with van der Waals surface area (Å²) < 4.78 is 25.0. The van der Waals surface area contributed by atoms with Crippen molar-refractivity contribution in [3.05, 3.63) is 65.5 Å². The van der Waals surface area contributed by atoms with Crippen LogP contribution in [-0.4, -0.2) is 60.8 Å². The summed E-state index contributed by atoms with van der Waals surface area (Å²) in [6, 6.07) is 13.0. The second kappa shape index (κ2) is 10.7. The minimum absolute atomic E-state index is 0. The Kier molecular flexibility index (Phi) is 8.17. The molecule has 34 heavy (non-hydrogen) atoms. The lowest BCUT2D eigenvalue weighted by Crippen LogP contribution is -2.62. The van der Waals surface area contributed by atoms with E-state index in [-0.39, 0.29) is 36.2 Å². The molecule has 2 aliphatic rings. The Morgan fingerprint density at radius 1 is 1.09 bits per heavy atom. The molecule has 2 N–H and O–H groups in total. The maximum Gasteiger partial charge on any atom is 0.335 e.